The van der Waals surface area contributed by atoms with Crippen molar-refractivity contribution < 1.29 is 5.11 Å². The van der Waals surface area contributed by atoms with Crippen LogP contribution in [0.1, 0.15) is 12.8 Å². The zero-order valence-corrected chi connectivity index (χ0v) is 15.6. The molecule has 0 radical (unpaired) electrons. The zero-order chi connectivity index (χ0) is 13.6. The van der Waals surface area contributed by atoms with E-state index in [0.29, 0.717) is 11.9 Å². The van der Waals surface area contributed by atoms with Crippen molar-refractivity contribution in [2.45, 2.75) is 18.1 Å². The van der Waals surface area contributed by atoms with Crippen molar-refractivity contribution in [2.75, 3.05) is 58.4 Å². The average molecular weight is 359 g/mol. The molecule has 0 bridgehead atoms. The molecule has 114 valence electrons. The molecule has 0 spiro atoms. The summed E-state index contributed by atoms with van der Waals surface area (Å²) >= 11 is 10.3. The van der Waals surface area contributed by atoms with Crippen LogP contribution >= 0.6 is 58.8 Å². The van der Waals surface area contributed by atoms with E-state index in [1.807, 2.05) is 23.5 Å². The van der Waals surface area contributed by atoms with Gasteiger partial charge in [0.05, 0.1) is 6.61 Å². The quantitative estimate of drug-likeness (QED) is 0.763. The molecule has 0 saturated carbocycles. The van der Waals surface area contributed by atoms with E-state index in [9.17, 15) is 5.11 Å². The number of aliphatic hydroxyl groups is 1. The van der Waals surface area contributed by atoms with Gasteiger partial charge in [0.2, 0.25) is 0 Å². The van der Waals surface area contributed by atoms with Crippen molar-refractivity contribution in [1.29, 1.82) is 0 Å². The van der Waals surface area contributed by atoms with E-state index in [2.05, 4.69) is 35.3 Å². The molecule has 1 atom stereocenters. The third-order valence-electron chi connectivity index (χ3n) is 2.62. The van der Waals surface area contributed by atoms with E-state index in [1.165, 1.54) is 58.9 Å². The Balaban J connectivity index is 2.15. The topological polar surface area (TPSA) is 20.2 Å². The molecule has 19 heavy (non-hydrogen) atoms. The smallest absolute Gasteiger partial charge is 0.0558 e. The Morgan fingerprint density at radius 1 is 0.684 bits per heavy atom. The molecule has 1 aliphatic rings. The molecule has 0 aliphatic carbocycles. The summed E-state index contributed by atoms with van der Waals surface area (Å²) in [5.74, 6) is 11.4. The summed E-state index contributed by atoms with van der Waals surface area (Å²) in [6.07, 6.45) is 2.61. The van der Waals surface area contributed by atoms with Crippen LogP contribution in [0.3, 0.4) is 0 Å². The van der Waals surface area contributed by atoms with Gasteiger partial charge in [0.1, 0.15) is 0 Å². The molecule has 1 rings (SSSR count). The fraction of sp³-hybridized carbons (Fsp3) is 1.00. The molecule has 1 unspecified atom stereocenters. The van der Waals surface area contributed by atoms with E-state index in [4.69, 9.17) is 0 Å². The Morgan fingerprint density at radius 3 is 1.84 bits per heavy atom. The van der Waals surface area contributed by atoms with Crippen LogP contribution in [0.5, 0.6) is 0 Å². The molecule has 1 saturated heterocycles. The zero-order valence-electron chi connectivity index (χ0n) is 11.6. The van der Waals surface area contributed by atoms with E-state index in [1.54, 1.807) is 0 Å². The SMILES string of the molecule is OCC1CSCCCSCCSCCSCCCS1. The number of hydrogen-bond acceptors (Lipinski definition) is 6. The molecule has 1 fully saturated rings. The lowest BCUT2D eigenvalue weighted by atomic mass is 10.5. The third kappa shape index (κ3) is 12.0. The van der Waals surface area contributed by atoms with Gasteiger partial charge in [-0.05, 0) is 35.9 Å². The van der Waals surface area contributed by atoms with Crippen molar-refractivity contribution in [2.24, 2.45) is 0 Å². The number of aliphatic hydroxyl groups excluding tert-OH is 1. The average Bonchev–Trinajstić information content (AvgIpc) is 2.44. The second kappa shape index (κ2) is 14.6. The van der Waals surface area contributed by atoms with E-state index in [0.717, 1.165) is 5.75 Å². The summed E-state index contributed by atoms with van der Waals surface area (Å²) in [7, 11) is 0. The number of rotatable bonds is 1. The van der Waals surface area contributed by atoms with Gasteiger partial charge in [-0.2, -0.15) is 58.8 Å². The Hall–Kier alpha value is 1.71. The maximum atomic E-state index is 9.37. The monoisotopic (exact) mass is 358 g/mol. The Labute approximate surface area is 140 Å². The lowest BCUT2D eigenvalue weighted by molar-refractivity contribution is 0.301. The molecule has 1 heterocycles. The second-order valence-corrected chi connectivity index (χ2v) is 10.5. The van der Waals surface area contributed by atoms with Crippen LogP contribution in [0.25, 0.3) is 0 Å². The highest BCUT2D eigenvalue weighted by atomic mass is 32.2. The minimum absolute atomic E-state index is 0.343. The minimum atomic E-state index is 0.343. The molecule has 0 aromatic carbocycles. The first-order chi connectivity index (χ1) is 9.43. The normalized spacial score (nSPS) is 26.7. The van der Waals surface area contributed by atoms with Gasteiger partial charge in [-0.15, -0.1) is 0 Å². The van der Waals surface area contributed by atoms with Crippen LogP contribution < -0.4 is 0 Å². The molecular weight excluding hydrogens is 332 g/mol. The van der Waals surface area contributed by atoms with Gasteiger partial charge < -0.3 is 5.11 Å². The summed E-state index contributed by atoms with van der Waals surface area (Å²) in [4.78, 5) is 0. The van der Waals surface area contributed by atoms with Gasteiger partial charge in [0.25, 0.3) is 0 Å². The first-order valence-corrected chi connectivity index (χ1v) is 12.6. The second-order valence-electron chi connectivity index (χ2n) is 4.29. The van der Waals surface area contributed by atoms with Gasteiger partial charge >= 0.3 is 0 Å². The minimum Gasteiger partial charge on any atom is -0.395 e. The predicted molar refractivity (Wildman–Crippen MR) is 102 cm³/mol. The predicted octanol–water partition coefficient (Wildman–Crippen LogP) is 3.81. The number of thioether (sulfide) groups is 5. The van der Waals surface area contributed by atoms with Crippen LogP contribution in [0.4, 0.5) is 0 Å². The van der Waals surface area contributed by atoms with Crippen LogP contribution in [0, 0.1) is 0 Å². The fourth-order valence-electron chi connectivity index (χ4n) is 1.58. The van der Waals surface area contributed by atoms with Crippen LogP contribution in [0.15, 0.2) is 0 Å². The largest absolute Gasteiger partial charge is 0.395 e. The first-order valence-electron chi connectivity index (χ1n) is 6.97. The van der Waals surface area contributed by atoms with E-state index >= 15 is 0 Å². The van der Waals surface area contributed by atoms with Gasteiger partial charge in [0.15, 0.2) is 0 Å². The van der Waals surface area contributed by atoms with Crippen LogP contribution in [-0.4, -0.2) is 68.7 Å². The molecule has 0 aromatic heterocycles. The molecule has 1 aliphatic heterocycles. The summed E-state index contributed by atoms with van der Waals surface area (Å²) < 4.78 is 0. The molecule has 1 nitrogen and oxygen atoms in total. The lowest BCUT2D eigenvalue weighted by Crippen LogP contribution is -2.13. The van der Waals surface area contributed by atoms with Crippen molar-refractivity contribution in [3.8, 4) is 0 Å². The standard InChI is InChI=1S/C13H26OS5/c14-11-13-12-18-5-1-3-15-7-9-17-10-8-16-4-2-6-19-13/h13-14H,1-12H2. The maximum Gasteiger partial charge on any atom is 0.0558 e. The maximum absolute atomic E-state index is 9.37. The van der Waals surface area contributed by atoms with Gasteiger partial charge in [-0.25, -0.2) is 0 Å². The van der Waals surface area contributed by atoms with Gasteiger partial charge in [-0.1, -0.05) is 0 Å². The molecule has 6 heteroatoms. The summed E-state index contributed by atoms with van der Waals surface area (Å²) in [6, 6.07) is 0. The van der Waals surface area contributed by atoms with Crippen LogP contribution in [0.2, 0.25) is 0 Å². The van der Waals surface area contributed by atoms with Crippen molar-refractivity contribution in [3.63, 3.8) is 0 Å². The van der Waals surface area contributed by atoms with E-state index < -0.39 is 0 Å². The molecule has 1 N–H and O–H groups in total. The molecule has 0 aromatic rings. The highest BCUT2D eigenvalue weighted by molar-refractivity contribution is 8.05. The van der Waals surface area contributed by atoms with E-state index in [-0.39, 0.29) is 0 Å². The Kier molecular flexibility index (Phi) is 14.5. The highest BCUT2D eigenvalue weighted by Gasteiger charge is 2.07. The third-order valence-corrected chi connectivity index (χ3v) is 9.00. The first kappa shape index (κ1) is 18.8. The number of hydrogen-bond donors (Lipinski definition) is 1. The molecule has 0 amide bonds. The van der Waals surface area contributed by atoms with Gasteiger partial charge in [0, 0.05) is 34.0 Å². The highest BCUT2D eigenvalue weighted by Crippen LogP contribution is 2.20. The summed E-state index contributed by atoms with van der Waals surface area (Å²) in [6.45, 7) is 0.343. The van der Waals surface area contributed by atoms with Crippen molar-refractivity contribution >= 4 is 58.8 Å². The molecular formula is C13H26OS5. The van der Waals surface area contributed by atoms with Crippen LogP contribution in [-0.2, 0) is 0 Å². The fourth-order valence-corrected chi connectivity index (χ4v) is 7.45. The van der Waals surface area contributed by atoms with Crippen molar-refractivity contribution in [1.82, 2.24) is 0 Å². The lowest BCUT2D eigenvalue weighted by Gasteiger charge is -2.13. The Bertz CT molecular complexity index is 176. The van der Waals surface area contributed by atoms with Gasteiger partial charge in [-0.3, -0.25) is 0 Å². The summed E-state index contributed by atoms with van der Waals surface area (Å²) in [5, 5.41) is 9.82. The van der Waals surface area contributed by atoms with Crippen molar-refractivity contribution in [3.05, 3.63) is 0 Å². The Morgan fingerprint density at radius 2 is 1.21 bits per heavy atom. The summed E-state index contributed by atoms with van der Waals surface area (Å²) in [5.41, 5.74) is 0.